The van der Waals surface area contributed by atoms with E-state index in [-0.39, 0.29) is 16.6 Å². The van der Waals surface area contributed by atoms with Crippen molar-refractivity contribution in [2.24, 2.45) is 0 Å². The number of nitrogens with zero attached hydrogens (tertiary/aromatic N) is 3. The number of phenolic OH excluding ortho intramolecular Hbond substituents is 1. The van der Waals surface area contributed by atoms with Gasteiger partial charge in [-0.2, -0.15) is 0 Å². The lowest BCUT2D eigenvalue weighted by Crippen LogP contribution is -2.12. The number of para-hydroxylation sites is 1. The largest absolute Gasteiger partial charge is 0.507 e. The van der Waals surface area contributed by atoms with E-state index < -0.39 is 0 Å². The molecule has 1 fully saturated rings. The summed E-state index contributed by atoms with van der Waals surface area (Å²) >= 11 is 0. The van der Waals surface area contributed by atoms with Crippen LogP contribution in [0.3, 0.4) is 0 Å². The second kappa shape index (κ2) is 19.1. The van der Waals surface area contributed by atoms with Gasteiger partial charge < -0.3 is 5.11 Å². The molecule has 1 saturated carbocycles. The highest BCUT2D eigenvalue weighted by atomic mass is 16.3. The standard InChI is InChI=1S/C68H63N3O/c1-67(2,3)55-34-35-62(58(44-55)49-24-15-9-16-25-49)71-63-29-19-28-57(64(63)70-66(71)60-42-52(46-22-13-8-14-23-46)41-59(65(60)72)50-26-17-10-18-27-50)53-38-54(40-56(39-53)68(4,5)6)61-43-51(36-37-69-61)48-32-30-47(31-33-48)45-20-11-7-12-21-45/h8-10,13-19,22-45,72H,7,11-12,20-21H2,1-6H3. The van der Waals surface area contributed by atoms with E-state index in [4.69, 9.17) is 9.97 Å². The molecule has 0 atom stereocenters. The summed E-state index contributed by atoms with van der Waals surface area (Å²) in [5, 5.41) is 12.8. The van der Waals surface area contributed by atoms with E-state index >= 15 is 0 Å². The molecule has 0 amide bonds. The van der Waals surface area contributed by atoms with E-state index in [1.807, 2.05) is 30.5 Å². The summed E-state index contributed by atoms with van der Waals surface area (Å²) < 4.78 is 2.28. The lowest BCUT2D eigenvalue weighted by molar-refractivity contribution is 0.443. The third-order valence-electron chi connectivity index (χ3n) is 14.9. The van der Waals surface area contributed by atoms with Crippen LogP contribution in [0, 0.1) is 0 Å². The van der Waals surface area contributed by atoms with Gasteiger partial charge in [0.15, 0.2) is 0 Å². The van der Waals surface area contributed by atoms with Crippen molar-refractivity contribution in [1.82, 2.24) is 14.5 Å². The molecule has 2 heterocycles. The summed E-state index contributed by atoms with van der Waals surface area (Å²) in [6.07, 6.45) is 8.55. The highest BCUT2D eigenvalue weighted by Crippen LogP contribution is 2.46. The van der Waals surface area contributed by atoms with Crippen molar-refractivity contribution < 1.29 is 5.11 Å². The average Bonchev–Trinajstić information content (AvgIpc) is 3.81. The normalized spacial score (nSPS) is 13.4. The molecule has 1 aliphatic carbocycles. The van der Waals surface area contributed by atoms with E-state index in [1.54, 1.807) is 0 Å². The Balaban J connectivity index is 1.14. The van der Waals surface area contributed by atoms with Gasteiger partial charge in [0.25, 0.3) is 0 Å². The molecule has 0 unspecified atom stereocenters. The first kappa shape index (κ1) is 46.6. The smallest absolute Gasteiger partial charge is 0.149 e. The summed E-state index contributed by atoms with van der Waals surface area (Å²) in [4.78, 5) is 10.8. The second-order valence-electron chi connectivity index (χ2n) is 21.9. The molecule has 1 N–H and O–H groups in total. The highest BCUT2D eigenvalue weighted by molar-refractivity contribution is 5.99. The third kappa shape index (κ3) is 9.19. The van der Waals surface area contributed by atoms with Crippen LogP contribution in [0.2, 0.25) is 0 Å². The summed E-state index contributed by atoms with van der Waals surface area (Å²) in [5.41, 5.74) is 19.4. The van der Waals surface area contributed by atoms with E-state index in [2.05, 4.69) is 216 Å². The molecule has 0 radical (unpaired) electrons. The molecular formula is C68H63N3O. The van der Waals surface area contributed by atoms with E-state index in [0.29, 0.717) is 17.3 Å². The average molecular weight is 938 g/mol. The first-order valence-electron chi connectivity index (χ1n) is 25.8. The molecule has 8 aromatic carbocycles. The van der Waals surface area contributed by atoms with Crippen LogP contribution >= 0.6 is 0 Å². The summed E-state index contributed by atoms with van der Waals surface area (Å²) in [7, 11) is 0. The number of benzene rings is 8. The van der Waals surface area contributed by atoms with Crippen molar-refractivity contribution in [3.05, 3.63) is 217 Å². The molecule has 4 heteroatoms. The highest BCUT2D eigenvalue weighted by Gasteiger charge is 2.27. The van der Waals surface area contributed by atoms with Gasteiger partial charge in [0, 0.05) is 28.5 Å². The third-order valence-corrected chi connectivity index (χ3v) is 14.9. The fourth-order valence-electron chi connectivity index (χ4n) is 10.8. The second-order valence-corrected chi connectivity index (χ2v) is 21.9. The van der Waals surface area contributed by atoms with Gasteiger partial charge in [0.05, 0.1) is 28.0 Å². The van der Waals surface area contributed by atoms with Crippen LogP contribution in [0.1, 0.15) is 96.3 Å². The molecule has 4 nitrogen and oxygen atoms in total. The first-order valence-corrected chi connectivity index (χ1v) is 25.8. The number of aromatic hydroxyl groups is 1. The van der Waals surface area contributed by atoms with Gasteiger partial charge in [0.2, 0.25) is 0 Å². The quantitative estimate of drug-likeness (QED) is 0.157. The Morgan fingerprint density at radius 2 is 1.06 bits per heavy atom. The van der Waals surface area contributed by atoms with Crippen LogP contribution in [-0.2, 0) is 10.8 Å². The zero-order valence-corrected chi connectivity index (χ0v) is 42.5. The number of aromatic nitrogens is 3. The van der Waals surface area contributed by atoms with Gasteiger partial charge in [-0.3, -0.25) is 9.55 Å². The Kier molecular flexibility index (Phi) is 12.3. The molecule has 0 spiro atoms. The predicted molar refractivity (Wildman–Crippen MR) is 302 cm³/mol. The monoisotopic (exact) mass is 937 g/mol. The lowest BCUT2D eigenvalue weighted by atomic mass is 9.83. The summed E-state index contributed by atoms with van der Waals surface area (Å²) in [6, 6.07) is 69.4. The van der Waals surface area contributed by atoms with Gasteiger partial charge in [-0.15, -0.1) is 0 Å². The number of rotatable bonds is 9. The number of pyridine rings is 1. The topological polar surface area (TPSA) is 50.9 Å². The lowest BCUT2D eigenvalue weighted by Gasteiger charge is -2.23. The van der Waals surface area contributed by atoms with Crippen LogP contribution < -0.4 is 0 Å². The molecule has 0 saturated heterocycles. The number of phenols is 1. The first-order chi connectivity index (χ1) is 34.9. The molecule has 1 aliphatic rings. The fourth-order valence-corrected chi connectivity index (χ4v) is 10.8. The van der Waals surface area contributed by atoms with E-state index in [0.717, 1.165) is 78.0 Å². The van der Waals surface area contributed by atoms with Gasteiger partial charge in [-0.25, -0.2) is 4.98 Å². The zero-order valence-electron chi connectivity index (χ0n) is 42.5. The maximum Gasteiger partial charge on any atom is 0.149 e. The molecule has 72 heavy (non-hydrogen) atoms. The zero-order chi connectivity index (χ0) is 49.6. The van der Waals surface area contributed by atoms with Crippen molar-refractivity contribution in [3.8, 4) is 89.7 Å². The minimum atomic E-state index is -0.160. The number of fused-ring (bicyclic) bond motifs is 1. The minimum Gasteiger partial charge on any atom is -0.507 e. The number of hydrogen-bond acceptors (Lipinski definition) is 3. The Bertz CT molecular complexity index is 3550. The molecule has 356 valence electrons. The van der Waals surface area contributed by atoms with Crippen molar-refractivity contribution in [2.45, 2.75) is 90.4 Å². The Morgan fingerprint density at radius 1 is 0.444 bits per heavy atom. The number of hydrogen-bond donors (Lipinski definition) is 1. The Morgan fingerprint density at radius 3 is 1.72 bits per heavy atom. The van der Waals surface area contributed by atoms with Gasteiger partial charge in [0.1, 0.15) is 11.6 Å². The van der Waals surface area contributed by atoms with Crippen LogP contribution in [0.5, 0.6) is 5.75 Å². The Hall–Kier alpha value is -7.82. The SMILES string of the molecule is CC(C)(C)c1cc(-c2cc(-c3ccc(C4CCCCC4)cc3)ccn2)cc(-c2cccc3c2nc(-c2cc(-c4ccccc4)cc(-c4ccccc4)c2O)n3-c2ccc(C(C)(C)C)cc2-c2ccccc2)c1. The summed E-state index contributed by atoms with van der Waals surface area (Å²) in [6.45, 7) is 13.6. The minimum absolute atomic E-state index is 0.0920. The van der Waals surface area contributed by atoms with Gasteiger partial charge in [-0.05, 0) is 140 Å². The van der Waals surface area contributed by atoms with Crippen molar-refractivity contribution >= 4 is 11.0 Å². The molecule has 0 aliphatic heterocycles. The van der Waals surface area contributed by atoms with Gasteiger partial charge >= 0.3 is 0 Å². The maximum absolute atomic E-state index is 12.8. The van der Waals surface area contributed by atoms with Crippen molar-refractivity contribution in [3.63, 3.8) is 0 Å². The summed E-state index contributed by atoms with van der Waals surface area (Å²) in [5.74, 6) is 1.50. The molecule has 10 aromatic rings. The molecule has 11 rings (SSSR count). The predicted octanol–water partition coefficient (Wildman–Crippen LogP) is 18.4. The Labute approximate surface area is 425 Å². The number of imidazole rings is 1. The molecule has 0 bridgehead atoms. The van der Waals surface area contributed by atoms with E-state index in [1.165, 1.54) is 54.4 Å². The van der Waals surface area contributed by atoms with Crippen LogP contribution in [0.25, 0.3) is 95.0 Å². The molecular weight excluding hydrogens is 875 g/mol. The van der Waals surface area contributed by atoms with Crippen molar-refractivity contribution in [2.75, 3.05) is 0 Å². The fraction of sp³-hybridized carbons (Fsp3) is 0.206. The van der Waals surface area contributed by atoms with E-state index in [9.17, 15) is 5.11 Å². The van der Waals surface area contributed by atoms with Crippen LogP contribution in [0.4, 0.5) is 0 Å². The van der Waals surface area contributed by atoms with Gasteiger partial charge in [-0.1, -0.05) is 200 Å². The maximum atomic E-state index is 12.8. The molecule has 2 aromatic heterocycles. The van der Waals surface area contributed by atoms with Crippen LogP contribution in [0.15, 0.2) is 200 Å². The van der Waals surface area contributed by atoms with Crippen LogP contribution in [-0.4, -0.2) is 19.6 Å². The van der Waals surface area contributed by atoms with Crippen molar-refractivity contribution in [1.29, 1.82) is 0 Å².